The highest BCUT2D eigenvalue weighted by molar-refractivity contribution is 7.86. The first-order valence-corrected chi connectivity index (χ1v) is 4.23. The largest absolute Gasteiger partial charge is 0.316 e. The third kappa shape index (κ3) is 6.72. The van der Waals surface area contributed by atoms with Crippen LogP contribution in [0.15, 0.2) is 0 Å². The minimum absolute atomic E-state index is 0. The summed E-state index contributed by atoms with van der Waals surface area (Å²) in [6.45, 7) is 1.81. The Morgan fingerprint density at radius 3 is 2.30 bits per heavy atom. The first-order valence-electron chi connectivity index (χ1n) is 2.65. The van der Waals surface area contributed by atoms with Crippen molar-refractivity contribution in [1.82, 2.24) is 0 Å². The summed E-state index contributed by atoms with van der Waals surface area (Å²) in [5.74, 6) is -0.236. The molecular formula is C4H11FMgO3S. The van der Waals surface area contributed by atoms with Crippen molar-refractivity contribution in [1.29, 1.82) is 0 Å². The third-order valence-electron chi connectivity index (χ3n) is 0.844. The summed E-state index contributed by atoms with van der Waals surface area (Å²) < 4.78 is 34.0. The van der Waals surface area contributed by atoms with Crippen LogP contribution in [0.5, 0.6) is 0 Å². The molecule has 0 aliphatic carbocycles. The van der Waals surface area contributed by atoms with Gasteiger partial charge in [-0.3, -0.25) is 0 Å². The molecule has 0 heterocycles. The van der Waals surface area contributed by atoms with E-state index in [0.29, 0.717) is 12.8 Å². The van der Waals surface area contributed by atoms with Crippen LogP contribution in [0.1, 0.15) is 19.8 Å². The minimum atomic E-state index is -3.85. The summed E-state index contributed by atoms with van der Waals surface area (Å²) in [4.78, 5) is 0. The second-order valence-electron chi connectivity index (χ2n) is 1.68. The van der Waals surface area contributed by atoms with E-state index in [1.54, 1.807) is 0 Å². The first kappa shape index (κ1) is 13.2. The van der Waals surface area contributed by atoms with Crippen LogP contribution in [0.25, 0.3) is 0 Å². The van der Waals surface area contributed by atoms with E-state index in [1.807, 2.05) is 6.92 Å². The van der Waals surface area contributed by atoms with Crippen molar-refractivity contribution in [2.75, 3.05) is 5.75 Å². The van der Waals surface area contributed by atoms with Crippen LogP contribution in [-0.4, -0.2) is 37.2 Å². The lowest BCUT2D eigenvalue weighted by Crippen LogP contribution is -2.04. The Morgan fingerprint density at radius 2 is 2.00 bits per heavy atom. The van der Waals surface area contributed by atoms with E-state index < -0.39 is 10.1 Å². The number of hydrogen-bond donors (Lipinski definition) is 0. The molecule has 0 atom stereocenters. The third-order valence-corrected chi connectivity index (χ3v) is 1.82. The molecule has 0 bridgehead atoms. The van der Waals surface area contributed by atoms with Crippen molar-refractivity contribution < 1.29 is 17.3 Å². The molecule has 0 unspecified atom stereocenters. The van der Waals surface area contributed by atoms with E-state index in [4.69, 9.17) is 0 Å². The molecule has 0 amide bonds. The number of unbranched alkanes of at least 4 members (excludes halogenated alkanes) is 1. The van der Waals surface area contributed by atoms with Gasteiger partial charge in [-0.15, -0.1) is 0 Å². The van der Waals surface area contributed by atoms with Crippen LogP contribution in [-0.2, 0) is 14.5 Å². The Hall–Kier alpha value is 0.606. The first-order chi connectivity index (χ1) is 4.12. The van der Waals surface area contributed by atoms with E-state index in [1.165, 1.54) is 0 Å². The van der Waals surface area contributed by atoms with Gasteiger partial charge < -0.3 is 0 Å². The SMILES string of the molecule is CCCCS(=O)(=O)OF.[MgH2]. The summed E-state index contributed by atoms with van der Waals surface area (Å²) in [6.07, 6.45) is 1.15. The van der Waals surface area contributed by atoms with Gasteiger partial charge in [-0.2, -0.15) is 8.42 Å². The van der Waals surface area contributed by atoms with Gasteiger partial charge in [0.1, 0.15) is 0 Å². The summed E-state index contributed by atoms with van der Waals surface area (Å²) in [7, 11) is -3.85. The van der Waals surface area contributed by atoms with Crippen molar-refractivity contribution >= 4 is 33.2 Å². The molecule has 60 valence electrons. The zero-order valence-electron chi connectivity index (χ0n) is 5.13. The Bertz CT molecular complexity index is 156. The zero-order valence-corrected chi connectivity index (χ0v) is 5.95. The van der Waals surface area contributed by atoms with E-state index >= 15 is 0 Å². The topological polar surface area (TPSA) is 43.4 Å². The van der Waals surface area contributed by atoms with Gasteiger partial charge in [0, 0.05) is 0 Å². The Morgan fingerprint density at radius 1 is 1.50 bits per heavy atom. The van der Waals surface area contributed by atoms with Crippen molar-refractivity contribution in [2.24, 2.45) is 0 Å². The lowest BCUT2D eigenvalue weighted by atomic mass is 10.4. The van der Waals surface area contributed by atoms with Gasteiger partial charge >= 0.3 is 23.1 Å². The van der Waals surface area contributed by atoms with Gasteiger partial charge in [-0.1, -0.05) is 17.7 Å². The van der Waals surface area contributed by atoms with Gasteiger partial charge in [-0.05, 0) is 10.9 Å². The van der Waals surface area contributed by atoms with Gasteiger partial charge in [0.15, 0.2) is 0 Å². The summed E-state index contributed by atoms with van der Waals surface area (Å²) in [5.41, 5.74) is 0. The van der Waals surface area contributed by atoms with E-state index in [2.05, 4.69) is 4.39 Å². The standard InChI is InChI=1S/C4H9FO3S.Mg.2H/c1-2-3-4-9(6,7)8-5;;;/h2-4H2,1H3;;;. The maximum absolute atomic E-state index is 11.0. The molecule has 6 heteroatoms. The Labute approximate surface area is 76.1 Å². The number of halogens is 1. The van der Waals surface area contributed by atoms with Gasteiger partial charge in [0.25, 0.3) is 10.1 Å². The molecule has 0 N–H and O–H groups in total. The van der Waals surface area contributed by atoms with Crippen LogP contribution in [0.4, 0.5) is 4.53 Å². The molecular weight excluding hydrogens is 171 g/mol. The monoisotopic (exact) mass is 182 g/mol. The Kier molecular flexibility index (Phi) is 8.36. The molecule has 0 aliphatic rings. The van der Waals surface area contributed by atoms with Gasteiger partial charge in [0.05, 0.1) is 5.75 Å². The highest BCUT2D eigenvalue weighted by Crippen LogP contribution is 1.98. The van der Waals surface area contributed by atoms with Crippen LogP contribution >= 0.6 is 0 Å². The van der Waals surface area contributed by atoms with Gasteiger partial charge in [-0.25, -0.2) is 0 Å². The average molecular weight is 182 g/mol. The van der Waals surface area contributed by atoms with Crippen molar-refractivity contribution in [3.8, 4) is 0 Å². The van der Waals surface area contributed by atoms with Crippen LogP contribution in [0.2, 0.25) is 0 Å². The molecule has 0 fully saturated rings. The fraction of sp³-hybridized carbons (Fsp3) is 1.00. The van der Waals surface area contributed by atoms with Crippen LogP contribution in [0, 0.1) is 0 Å². The average Bonchev–Trinajstić information content (AvgIpc) is 1.84. The van der Waals surface area contributed by atoms with Crippen LogP contribution < -0.4 is 0 Å². The predicted octanol–water partition coefficient (Wildman–Crippen LogP) is 0.101. The van der Waals surface area contributed by atoms with Crippen molar-refractivity contribution in [2.45, 2.75) is 19.8 Å². The van der Waals surface area contributed by atoms with E-state index in [0.717, 1.165) is 0 Å². The number of hydrogen-bond acceptors (Lipinski definition) is 3. The summed E-state index contributed by atoms with van der Waals surface area (Å²) in [6, 6.07) is 0. The smallest absolute Gasteiger partial charge is 0.197 e. The fourth-order valence-corrected chi connectivity index (χ4v) is 1.06. The summed E-state index contributed by atoms with van der Waals surface area (Å²) in [5, 5.41) is 0. The van der Waals surface area contributed by atoms with Crippen LogP contribution in [0.3, 0.4) is 0 Å². The fourth-order valence-electron chi connectivity index (χ4n) is 0.353. The summed E-state index contributed by atoms with van der Waals surface area (Å²) >= 11 is 0. The molecule has 0 aromatic heterocycles. The lowest BCUT2D eigenvalue weighted by molar-refractivity contribution is 0.00290. The second kappa shape index (κ2) is 6.32. The molecule has 0 rings (SSSR count). The highest BCUT2D eigenvalue weighted by Gasteiger charge is 2.08. The van der Waals surface area contributed by atoms with Crippen molar-refractivity contribution in [3.63, 3.8) is 0 Å². The van der Waals surface area contributed by atoms with Gasteiger partial charge in [0.2, 0.25) is 0 Å². The number of rotatable bonds is 4. The molecule has 3 nitrogen and oxygen atoms in total. The molecule has 0 aliphatic heterocycles. The molecule has 0 aromatic rings. The van der Waals surface area contributed by atoms with E-state index in [-0.39, 0.29) is 28.8 Å². The molecule has 0 aromatic carbocycles. The predicted molar refractivity (Wildman–Crippen MR) is 39.4 cm³/mol. The second-order valence-corrected chi connectivity index (χ2v) is 3.33. The molecule has 0 saturated heterocycles. The maximum Gasteiger partial charge on any atom is 0.316 e. The highest BCUT2D eigenvalue weighted by atomic mass is 32.2. The molecule has 10 heavy (non-hydrogen) atoms. The normalized spacial score (nSPS) is 10.6. The lowest BCUT2D eigenvalue weighted by Gasteiger charge is -1.92. The molecule has 0 radical (unpaired) electrons. The quantitative estimate of drug-likeness (QED) is 0.580. The molecule has 0 saturated carbocycles. The zero-order chi connectivity index (χ0) is 7.33. The molecule has 0 spiro atoms. The van der Waals surface area contributed by atoms with Crippen molar-refractivity contribution in [3.05, 3.63) is 0 Å². The van der Waals surface area contributed by atoms with E-state index in [9.17, 15) is 12.9 Å². The minimum Gasteiger partial charge on any atom is -0.197 e. The maximum atomic E-state index is 11.0. The Balaban J connectivity index is 0.